The van der Waals surface area contributed by atoms with Crippen LogP contribution in [0.15, 0.2) is 22.7 Å². The lowest BCUT2D eigenvalue weighted by molar-refractivity contribution is -0.123. The molecule has 2 rings (SSSR count). The normalized spacial score (nSPS) is 19.3. The van der Waals surface area contributed by atoms with Gasteiger partial charge < -0.3 is 10.6 Å². The zero-order valence-corrected chi connectivity index (χ0v) is 11.8. The maximum absolute atomic E-state index is 13.5. The lowest BCUT2D eigenvalue weighted by atomic mass is 10.0. The number of rotatable bonds is 2. The fourth-order valence-corrected chi connectivity index (χ4v) is 2.73. The molecule has 0 spiro atoms. The van der Waals surface area contributed by atoms with Crippen LogP contribution in [-0.4, -0.2) is 29.3 Å². The second-order valence-electron chi connectivity index (χ2n) is 4.51. The molecule has 1 heterocycles. The van der Waals surface area contributed by atoms with Crippen LogP contribution < -0.4 is 5.73 Å². The van der Waals surface area contributed by atoms with Gasteiger partial charge in [0.2, 0.25) is 5.91 Å². The molecule has 0 radical (unpaired) electrons. The Morgan fingerprint density at radius 3 is 2.79 bits per heavy atom. The Balaban J connectivity index is 2.31. The molecule has 4 nitrogen and oxygen atoms in total. The van der Waals surface area contributed by atoms with E-state index in [2.05, 4.69) is 15.9 Å². The molecule has 1 aromatic carbocycles. The second kappa shape index (κ2) is 5.69. The molecule has 1 atom stereocenters. The third-order valence-corrected chi connectivity index (χ3v) is 4.08. The first-order chi connectivity index (χ1) is 9.02. The Morgan fingerprint density at radius 1 is 1.37 bits per heavy atom. The zero-order chi connectivity index (χ0) is 14.0. The minimum absolute atomic E-state index is 0.119. The summed E-state index contributed by atoms with van der Waals surface area (Å²) < 4.78 is 13.6. The van der Waals surface area contributed by atoms with Crippen molar-refractivity contribution in [2.75, 3.05) is 6.54 Å². The fraction of sp³-hybridized carbons (Fsp3) is 0.385. The average Bonchev–Trinajstić information content (AvgIpc) is 2.41. The van der Waals surface area contributed by atoms with Gasteiger partial charge in [0.05, 0.1) is 10.0 Å². The summed E-state index contributed by atoms with van der Waals surface area (Å²) >= 11 is 3.07. The average molecular weight is 329 g/mol. The molecular weight excluding hydrogens is 315 g/mol. The van der Waals surface area contributed by atoms with Crippen molar-refractivity contribution in [3.63, 3.8) is 0 Å². The third-order valence-electron chi connectivity index (χ3n) is 3.27. The summed E-state index contributed by atoms with van der Waals surface area (Å²) in [6.07, 6.45) is 2.25. The van der Waals surface area contributed by atoms with Crippen molar-refractivity contribution < 1.29 is 14.0 Å². The van der Waals surface area contributed by atoms with Gasteiger partial charge in [0, 0.05) is 6.54 Å². The van der Waals surface area contributed by atoms with Crippen LogP contribution >= 0.6 is 15.9 Å². The van der Waals surface area contributed by atoms with Gasteiger partial charge in [-0.25, -0.2) is 4.39 Å². The summed E-state index contributed by atoms with van der Waals surface area (Å²) in [5, 5.41) is 0. The van der Waals surface area contributed by atoms with E-state index in [4.69, 9.17) is 5.73 Å². The Hall–Kier alpha value is -1.43. The molecule has 19 heavy (non-hydrogen) atoms. The Bertz CT molecular complexity index is 521. The Labute approximate surface area is 118 Å². The monoisotopic (exact) mass is 328 g/mol. The fourth-order valence-electron chi connectivity index (χ4n) is 2.29. The first-order valence-corrected chi connectivity index (χ1v) is 6.86. The van der Waals surface area contributed by atoms with Crippen LogP contribution in [0.2, 0.25) is 0 Å². The SMILES string of the molecule is NC(=O)C1CCCCN1C(=O)c1cccc(F)c1Br. The molecule has 2 N–H and O–H groups in total. The van der Waals surface area contributed by atoms with E-state index in [1.807, 2.05) is 0 Å². The number of nitrogens with zero attached hydrogens (tertiary/aromatic N) is 1. The van der Waals surface area contributed by atoms with Crippen molar-refractivity contribution in [3.8, 4) is 0 Å². The molecule has 0 aliphatic carbocycles. The van der Waals surface area contributed by atoms with Gasteiger partial charge >= 0.3 is 0 Å². The highest BCUT2D eigenvalue weighted by Gasteiger charge is 2.32. The van der Waals surface area contributed by atoms with Gasteiger partial charge in [-0.05, 0) is 47.3 Å². The van der Waals surface area contributed by atoms with Crippen LogP contribution in [-0.2, 0) is 4.79 Å². The highest BCUT2D eigenvalue weighted by atomic mass is 79.9. The van der Waals surface area contributed by atoms with Gasteiger partial charge in [0.25, 0.3) is 5.91 Å². The van der Waals surface area contributed by atoms with E-state index < -0.39 is 17.8 Å². The van der Waals surface area contributed by atoms with Gasteiger partial charge in [0.15, 0.2) is 0 Å². The molecule has 1 aliphatic heterocycles. The molecule has 1 aliphatic rings. The maximum Gasteiger partial charge on any atom is 0.255 e. The van der Waals surface area contributed by atoms with Crippen LogP contribution in [0, 0.1) is 5.82 Å². The number of nitrogens with two attached hydrogens (primary N) is 1. The lowest BCUT2D eigenvalue weighted by Gasteiger charge is -2.33. The topological polar surface area (TPSA) is 63.4 Å². The first kappa shape index (κ1) is 14.0. The van der Waals surface area contributed by atoms with Crippen LogP contribution in [0.4, 0.5) is 4.39 Å². The van der Waals surface area contributed by atoms with Crippen molar-refractivity contribution in [3.05, 3.63) is 34.1 Å². The molecule has 6 heteroatoms. The number of carbonyl (C=O) groups is 2. The molecule has 1 unspecified atom stereocenters. The molecule has 1 saturated heterocycles. The Kier molecular flexibility index (Phi) is 4.19. The lowest BCUT2D eigenvalue weighted by Crippen LogP contribution is -2.50. The highest BCUT2D eigenvalue weighted by Crippen LogP contribution is 2.25. The van der Waals surface area contributed by atoms with Crippen LogP contribution in [0.3, 0.4) is 0 Å². The smallest absolute Gasteiger partial charge is 0.255 e. The summed E-state index contributed by atoms with van der Waals surface area (Å²) in [6, 6.07) is 3.66. The third kappa shape index (κ3) is 2.78. The number of primary amides is 1. The number of likely N-dealkylation sites (tertiary alicyclic amines) is 1. The maximum atomic E-state index is 13.5. The van der Waals surface area contributed by atoms with Gasteiger partial charge in [-0.1, -0.05) is 6.07 Å². The Morgan fingerprint density at radius 2 is 2.11 bits per heavy atom. The number of hydrogen-bond donors (Lipinski definition) is 1. The zero-order valence-electron chi connectivity index (χ0n) is 10.2. The molecule has 1 fully saturated rings. The first-order valence-electron chi connectivity index (χ1n) is 6.06. The highest BCUT2D eigenvalue weighted by molar-refractivity contribution is 9.10. The van der Waals surface area contributed by atoms with E-state index in [1.165, 1.54) is 23.1 Å². The predicted molar refractivity (Wildman–Crippen MR) is 72.0 cm³/mol. The molecule has 2 amide bonds. The summed E-state index contributed by atoms with van der Waals surface area (Å²) in [6.45, 7) is 0.468. The minimum atomic E-state index is -0.601. The van der Waals surface area contributed by atoms with E-state index in [-0.39, 0.29) is 15.9 Å². The van der Waals surface area contributed by atoms with E-state index >= 15 is 0 Å². The molecule has 0 saturated carbocycles. The van der Waals surface area contributed by atoms with Crippen LogP contribution in [0.5, 0.6) is 0 Å². The standard InChI is InChI=1S/C13H14BrFN2O2/c14-11-8(4-3-5-9(11)15)13(19)17-7-2-1-6-10(17)12(16)18/h3-5,10H,1-2,6-7H2,(H2,16,18). The number of piperidine rings is 1. The summed E-state index contributed by atoms with van der Waals surface area (Å²) in [4.78, 5) is 25.2. The number of benzene rings is 1. The van der Waals surface area contributed by atoms with E-state index in [1.54, 1.807) is 0 Å². The summed E-state index contributed by atoms with van der Waals surface area (Å²) in [7, 11) is 0. The largest absolute Gasteiger partial charge is 0.368 e. The van der Waals surface area contributed by atoms with E-state index in [0.717, 1.165) is 12.8 Å². The number of carbonyl (C=O) groups excluding carboxylic acids is 2. The van der Waals surface area contributed by atoms with Crippen molar-refractivity contribution in [1.82, 2.24) is 4.90 Å². The quantitative estimate of drug-likeness (QED) is 0.903. The molecular formula is C13H14BrFN2O2. The summed E-state index contributed by atoms with van der Waals surface area (Å²) in [5.41, 5.74) is 5.54. The van der Waals surface area contributed by atoms with Crippen LogP contribution in [0.25, 0.3) is 0 Å². The predicted octanol–water partition coefficient (Wildman–Crippen LogP) is 2.07. The number of hydrogen-bond acceptors (Lipinski definition) is 2. The molecule has 0 bridgehead atoms. The van der Waals surface area contributed by atoms with E-state index in [0.29, 0.717) is 13.0 Å². The second-order valence-corrected chi connectivity index (χ2v) is 5.31. The molecule has 1 aromatic rings. The number of amides is 2. The molecule has 102 valence electrons. The summed E-state index contributed by atoms with van der Waals surface area (Å²) in [5.74, 6) is -1.38. The van der Waals surface area contributed by atoms with Gasteiger partial charge in [-0.3, -0.25) is 9.59 Å². The van der Waals surface area contributed by atoms with Crippen LogP contribution in [0.1, 0.15) is 29.6 Å². The van der Waals surface area contributed by atoms with Gasteiger partial charge in [0.1, 0.15) is 11.9 Å². The van der Waals surface area contributed by atoms with Crippen molar-refractivity contribution in [2.45, 2.75) is 25.3 Å². The van der Waals surface area contributed by atoms with Crippen molar-refractivity contribution in [2.24, 2.45) is 5.73 Å². The van der Waals surface area contributed by atoms with Crippen molar-refractivity contribution in [1.29, 1.82) is 0 Å². The number of halogens is 2. The van der Waals surface area contributed by atoms with Gasteiger partial charge in [-0.15, -0.1) is 0 Å². The minimum Gasteiger partial charge on any atom is -0.368 e. The van der Waals surface area contributed by atoms with E-state index in [9.17, 15) is 14.0 Å². The molecule has 0 aromatic heterocycles. The van der Waals surface area contributed by atoms with Crippen molar-refractivity contribution >= 4 is 27.7 Å². The van der Waals surface area contributed by atoms with Gasteiger partial charge in [-0.2, -0.15) is 0 Å².